The fourth-order valence-corrected chi connectivity index (χ4v) is 3.00. The normalized spacial score (nSPS) is 10.6. The molecule has 0 aliphatic carbocycles. The molecular weight excluding hydrogens is 368 g/mol. The van der Waals surface area contributed by atoms with Crippen LogP contribution >= 0.6 is 11.6 Å². The Morgan fingerprint density at radius 1 is 1.22 bits per heavy atom. The molecule has 3 aromatic rings. The molecule has 1 N–H and O–H groups in total. The van der Waals surface area contributed by atoms with Crippen LogP contribution in [0, 0.1) is 24.0 Å². The first-order valence-electron chi connectivity index (χ1n) is 8.21. The SMILES string of the molecule is Cc1nn(-c2ccccc2)c(C)c1CNC(=O)c1ccc(Cl)c([N+](=O)[O-])c1. The number of benzene rings is 2. The highest BCUT2D eigenvalue weighted by Gasteiger charge is 2.18. The third-order valence-corrected chi connectivity index (χ3v) is 4.59. The van der Waals surface area contributed by atoms with E-state index in [-0.39, 0.29) is 22.8 Å². The molecule has 0 radical (unpaired) electrons. The molecule has 2 aromatic carbocycles. The van der Waals surface area contributed by atoms with Crippen LogP contribution in [0.5, 0.6) is 0 Å². The fraction of sp³-hybridized carbons (Fsp3) is 0.158. The number of carbonyl (C=O) groups is 1. The maximum atomic E-state index is 12.4. The summed E-state index contributed by atoms with van der Waals surface area (Å²) in [6.45, 7) is 4.07. The summed E-state index contributed by atoms with van der Waals surface area (Å²) in [5.41, 5.74) is 3.44. The van der Waals surface area contributed by atoms with E-state index in [1.807, 2.05) is 48.9 Å². The molecule has 27 heavy (non-hydrogen) atoms. The lowest BCUT2D eigenvalue weighted by molar-refractivity contribution is -0.384. The molecule has 3 rings (SSSR count). The average molecular weight is 385 g/mol. The summed E-state index contributed by atoms with van der Waals surface area (Å²) in [6.07, 6.45) is 0. The summed E-state index contributed by atoms with van der Waals surface area (Å²) < 4.78 is 1.82. The second kappa shape index (κ2) is 7.59. The second-order valence-electron chi connectivity index (χ2n) is 6.00. The highest BCUT2D eigenvalue weighted by atomic mass is 35.5. The third kappa shape index (κ3) is 3.83. The van der Waals surface area contributed by atoms with E-state index in [0.29, 0.717) is 0 Å². The number of carbonyl (C=O) groups excluding carboxylic acids is 1. The van der Waals surface area contributed by atoms with E-state index in [2.05, 4.69) is 10.4 Å². The zero-order valence-electron chi connectivity index (χ0n) is 14.8. The maximum absolute atomic E-state index is 12.4. The van der Waals surface area contributed by atoms with Crippen LogP contribution in [0.4, 0.5) is 5.69 Å². The summed E-state index contributed by atoms with van der Waals surface area (Å²) in [6, 6.07) is 13.7. The number of nitrogens with zero attached hydrogens (tertiary/aromatic N) is 3. The fourth-order valence-electron chi connectivity index (χ4n) is 2.82. The number of para-hydroxylation sites is 1. The Morgan fingerprint density at radius 2 is 1.93 bits per heavy atom. The van der Waals surface area contributed by atoms with Crippen molar-refractivity contribution in [3.8, 4) is 5.69 Å². The van der Waals surface area contributed by atoms with Gasteiger partial charge >= 0.3 is 0 Å². The number of aryl methyl sites for hydroxylation is 1. The lowest BCUT2D eigenvalue weighted by Gasteiger charge is -2.07. The van der Waals surface area contributed by atoms with E-state index >= 15 is 0 Å². The molecule has 8 heteroatoms. The van der Waals surface area contributed by atoms with Crippen LogP contribution in [0.15, 0.2) is 48.5 Å². The van der Waals surface area contributed by atoms with Crippen molar-refractivity contribution in [1.82, 2.24) is 15.1 Å². The highest BCUT2D eigenvalue weighted by molar-refractivity contribution is 6.32. The Hall–Kier alpha value is -3.19. The molecule has 0 atom stereocenters. The van der Waals surface area contributed by atoms with Gasteiger partial charge in [-0.2, -0.15) is 5.10 Å². The van der Waals surface area contributed by atoms with Gasteiger partial charge in [0.15, 0.2) is 0 Å². The van der Waals surface area contributed by atoms with Gasteiger partial charge in [-0.05, 0) is 38.1 Å². The number of nitro benzene ring substituents is 1. The van der Waals surface area contributed by atoms with Crippen LogP contribution in [-0.4, -0.2) is 20.6 Å². The van der Waals surface area contributed by atoms with Crippen molar-refractivity contribution in [3.63, 3.8) is 0 Å². The minimum absolute atomic E-state index is 0.00706. The number of amides is 1. The van der Waals surface area contributed by atoms with Crippen molar-refractivity contribution in [2.45, 2.75) is 20.4 Å². The summed E-state index contributed by atoms with van der Waals surface area (Å²) in [4.78, 5) is 22.8. The Morgan fingerprint density at radius 3 is 2.59 bits per heavy atom. The van der Waals surface area contributed by atoms with Crippen LogP contribution in [0.3, 0.4) is 0 Å². The smallest absolute Gasteiger partial charge is 0.288 e. The Labute approximate surface area is 160 Å². The highest BCUT2D eigenvalue weighted by Crippen LogP contribution is 2.25. The van der Waals surface area contributed by atoms with E-state index < -0.39 is 10.8 Å². The average Bonchev–Trinajstić information content (AvgIpc) is 2.94. The maximum Gasteiger partial charge on any atom is 0.288 e. The van der Waals surface area contributed by atoms with Crippen molar-refractivity contribution >= 4 is 23.2 Å². The minimum Gasteiger partial charge on any atom is -0.348 e. The van der Waals surface area contributed by atoms with Crippen molar-refractivity contribution in [1.29, 1.82) is 0 Å². The number of rotatable bonds is 5. The summed E-state index contributed by atoms with van der Waals surface area (Å²) in [5, 5.41) is 18.3. The molecule has 0 aliphatic heterocycles. The standard InChI is InChI=1S/C19H17ClN4O3/c1-12-16(13(2)23(22-12)15-6-4-3-5-7-15)11-21-19(25)14-8-9-17(20)18(10-14)24(26)27/h3-10H,11H2,1-2H3,(H,21,25). The Balaban J connectivity index is 1.79. The number of halogens is 1. The van der Waals surface area contributed by atoms with Gasteiger partial charge < -0.3 is 5.32 Å². The lowest BCUT2D eigenvalue weighted by atomic mass is 10.1. The summed E-state index contributed by atoms with van der Waals surface area (Å²) in [5.74, 6) is -0.416. The van der Waals surface area contributed by atoms with E-state index in [0.717, 1.165) is 22.6 Å². The number of nitrogens with one attached hydrogen (secondary N) is 1. The van der Waals surface area contributed by atoms with Crippen LogP contribution in [0.25, 0.3) is 5.69 Å². The Kier molecular flexibility index (Phi) is 5.23. The number of hydrogen-bond acceptors (Lipinski definition) is 4. The second-order valence-corrected chi connectivity index (χ2v) is 6.41. The lowest BCUT2D eigenvalue weighted by Crippen LogP contribution is -2.23. The van der Waals surface area contributed by atoms with Crippen LogP contribution in [0.1, 0.15) is 27.3 Å². The number of nitro groups is 1. The predicted molar refractivity (Wildman–Crippen MR) is 102 cm³/mol. The van der Waals surface area contributed by atoms with Crippen LogP contribution < -0.4 is 5.32 Å². The van der Waals surface area contributed by atoms with Gasteiger partial charge in [0.2, 0.25) is 0 Å². The zero-order valence-corrected chi connectivity index (χ0v) is 15.5. The molecule has 1 aromatic heterocycles. The molecule has 0 saturated heterocycles. The first-order valence-corrected chi connectivity index (χ1v) is 8.59. The molecule has 7 nitrogen and oxygen atoms in total. The van der Waals surface area contributed by atoms with E-state index in [1.165, 1.54) is 18.2 Å². The Bertz CT molecular complexity index is 1020. The van der Waals surface area contributed by atoms with Crippen molar-refractivity contribution in [3.05, 3.63) is 86.2 Å². The van der Waals surface area contributed by atoms with Crippen molar-refractivity contribution < 1.29 is 9.72 Å². The van der Waals surface area contributed by atoms with Crippen molar-refractivity contribution in [2.24, 2.45) is 0 Å². The summed E-state index contributed by atoms with van der Waals surface area (Å²) >= 11 is 5.79. The number of hydrogen-bond donors (Lipinski definition) is 1. The van der Waals surface area contributed by atoms with Crippen LogP contribution in [0.2, 0.25) is 5.02 Å². The molecular formula is C19H17ClN4O3. The monoisotopic (exact) mass is 384 g/mol. The molecule has 1 heterocycles. The molecule has 0 fully saturated rings. The molecule has 0 saturated carbocycles. The topological polar surface area (TPSA) is 90.1 Å². The minimum atomic E-state index is -0.614. The summed E-state index contributed by atoms with van der Waals surface area (Å²) in [7, 11) is 0. The molecule has 0 aliphatic rings. The third-order valence-electron chi connectivity index (χ3n) is 4.27. The van der Waals surface area contributed by atoms with Gasteiger partial charge in [-0.25, -0.2) is 4.68 Å². The van der Waals surface area contributed by atoms with Gasteiger partial charge in [0, 0.05) is 29.4 Å². The molecule has 1 amide bonds. The van der Waals surface area contributed by atoms with Gasteiger partial charge in [0.25, 0.3) is 11.6 Å². The van der Waals surface area contributed by atoms with E-state index in [4.69, 9.17) is 11.6 Å². The van der Waals surface area contributed by atoms with Gasteiger partial charge in [0.05, 0.1) is 16.3 Å². The first kappa shape index (κ1) is 18.6. The quantitative estimate of drug-likeness (QED) is 0.532. The molecule has 0 bridgehead atoms. The largest absolute Gasteiger partial charge is 0.348 e. The van der Waals surface area contributed by atoms with Gasteiger partial charge in [-0.15, -0.1) is 0 Å². The van der Waals surface area contributed by atoms with Gasteiger partial charge in [-0.3, -0.25) is 14.9 Å². The molecule has 138 valence electrons. The predicted octanol–water partition coefficient (Wildman–Crippen LogP) is 3.98. The van der Waals surface area contributed by atoms with Crippen LogP contribution in [-0.2, 0) is 6.54 Å². The van der Waals surface area contributed by atoms with Gasteiger partial charge in [-0.1, -0.05) is 29.8 Å². The van der Waals surface area contributed by atoms with Crippen molar-refractivity contribution in [2.75, 3.05) is 0 Å². The van der Waals surface area contributed by atoms with E-state index in [9.17, 15) is 14.9 Å². The molecule has 0 spiro atoms. The molecule has 0 unspecified atom stereocenters. The van der Waals surface area contributed by atoms with Gasteiger partial charge in [0.1, 0.15) is 5.02 Å². The number of aromatic nitrogens is 2. The first-order chi connectivity index (χ1) is 12.9. The van der Waals surface area contributed by atoms with E-state index in [1.54, 1.807) is 0 Å². The zero-order chi connectivity index (χ0) is 19.6.